The number of hydrogen-bond acceptors (Lipinski definition) is 1. The molecule has 0 radical (unpaired) electrons. The summed E-state index contributed by atoms with van der Waals surface area (Å²) in [5, 5.41) is 3.31. The van der Waals surface area contributed by atoms with Gasteiger partial charge in [0.25, 0.3) is 0 Å². The molecule has 4 heteroatoms. The molecule has 0 aromatic heterocycles. The highest BCUT2D eigenvalue weighted by molar-refractivity contribution is 5.46. The van der Waals surface area contributed by atoms with Crippen molar-refractivity contribution in [1.82, 2.24) is 0 Å². The number of rotatable bonds is 2. The highest BCUT2D eigenvalue weighted by Gasteiger charge is 2.30. The van der Waals surface area contributed by atoms with Crippen molar-refractivity contribution in [1.29, 1.82) is 0 Å². The van der Waals surface area contributed by atoms with E-state index in [-0.39, 0.29) is 0 Å². The fraction of sp³-hybridized carbons (Fsp3) is 0.571. The van der Waals surface area contributed by atoms with Crippen molar-refractivity contribution >= 4 is 5.69 Å². The molecule has 0 amide bonds. The maximum absolute atomic E-state index is 12.4. The lowest BCUT2D eigenvalue weighted by Crippen LogP contribution is -2.25. The summed E-state index contributed by atoms with van der Waals surface area (Å²) in [5.41, 5.74) is 0.188. The number of halogens is 3. The Labute approximate surface area is 105 Å². The first-order valence-electron chi connectivity index (χ1n) is 6.39. The second-order valence-corrected chi connectivity index (χ2v) is 5.18. The summed E-state index contributed by atoms with van der Waals surface area (Å²) >= 11 is 0. The Hall–Kier alpha value is -1.19. The van der Waals surface area contributed by atoms with Crippen LogP contribution in [0.5, 0.6) is 0 Å². The number of benzene rings is 1. The third kappa shape index (κ3) is 3.40. The van der Waals surface area contributed by atoms with E-state index in [2.05, 4.69) is 12.2 Å². The zero-order chi connectivity index (χ0) is 13.2. The molecule has 0 heterocycles. The van der Waals surface area contributed by atoms with Gasteiger partial charge in [-0.15, -0.1) is 0 Å². The van der Waals surface area contributed by atoms with Crippen molar-refractivity contribution in [2.45, 2.75) is 44.8 Å². The van der Waals surface area contributed by atoms with Gasteiger partial charge in [-0.05, 0) is 55.9 Å². The minimum absolute atomic E-state index is 0.401. The Morgan fingerprint density at radius 1 is 1.00 bits per heavy atom. The summed E-state index contributed by atoms with van der Waals surface area (Å²) in [6.07, 6.45) is 0.333. The van der Waals surface area contributed by atoms with E-state index in [4.69, 9.17) is 0 Å². The van der Waals surface area contributed by atoms with Crippen LogP contribution >= 0.6 is 0 Å². The maximum atomic E-state index is 12.4. The number of alkyl halides is 3. The van der Waals surface area contributed by atoms with E-state index in [1.165, 1.54) is 25.0 Å². The predicted molar refractivity (Wildman–Crippen MR) is 66.5 cm³/mol. The molecule has 1 N–H and O–H groups in total. The van der Waals surface area contributed by atoms with Crippen LogP contribution in [-0.2, 0) is 6.18 Å². The molecule has 1 aromatic carbocycles. The average molecular weight is 257 g/mol. The van der Waals surface area contributed by atoms with E-state index in [1.807, 2.05) is 0 Å². The van der Waals surface area contributed by atoms with Crippen LogP contribution in [0.3, 0.4) is 0 Å². The van der Waals surface area contributed by atoms with E-state index in [0.29, 0.717) is 6.04 Å². The zero-order valence-electron chi connectivity index (χ0n) is 10.4. The Morgan fingerprint density at radius 2 is 1.56 bits per heavy atom. The summed E-state index contributed by atoms with van der Waals surface area (Å²) < 4.78 is 37.2. The summed E-state index contributed by atoms with van der Waals surface area (Å²) in [4.78, 5) is 0. The fourth-order valence-corrected chi connectivity index (χ4v) is 2.40. The molecule has 100 valence electrons. The third-order valence-electron chi connectivity index (χ3n) is 3.60. The molecular formula is C14H18F3N. The van der Waals surface area contributed by atoms with Crippen molar-refractivity contribution in [3.8, 4) is 0 Å². The maximum Gasteiger partial charge on any atom is 0.416 e. The SMILES string of the molecule is C[C@H]1CC[C@@H](Nc2ccc(C(F)(F)F)cc2)CC1. The topological polar surface area (TPSA) is 12.0 Å². The van der Waals surface area contributed by atoms with Gasteiger partial charge < -0.3 is 5.32 Å². The monoisotopic (exact) mass is 257 g/mol. The van der Waals surface area contributed by atoms with Crippen LogP contribution in [0.1, 0.15) is 38.2 Å². The minimum atomic E-state index is -4.25. The Balaban J connectivity index is 1.94. The standard InChI is InChI=1S/C14H18F3N/c1-10-2-6-12(7-3-10)18-13-8-4-11(5-9-13)14(15,16)17/h4-5,8-10,12,18H,2-3,6-7H2,1H3/t10-,12+. The molecule has 1 saturated carbocycles. The van der Waals surface area contributed by atoms with Crippen LogP contribution in [-0.4, -0.2) is 6.04 Å². The summed E-state index contributed by atoms with van der Waals surface area (Å²) in [7, 11) is 0. The lowest BCUT2D eigenvalue weighted by atomic mass is 9.87. The van der Waals surface area contributed by atoms with Crippen LogP contribution < -0.4 is 5.32 Å². The van der Waals surface area contributed by atoms with E-state index in [1.54, 1.807) is 0 Å². The lowest BCUT2D eigenvalue weighted by molar-refractivity contribution is -0.137. The minimum Gasteiger partial charge on any atom is -0.382 e. The Kier molecular flexibility index (Phi) is 3.83. The van der Waals surface area contributed by atoms with Crippen LogP contribution in [0.2, 0.25) is 0 Å². The van der Waals surface area contributed by atoms with Crippen molar-refractivity contribution in [2.24, 2.45) is 5.92 Å². The number of anilines is 1. The summed E-state index contributed by atoms with van der Waals surface area (Å²) in [5.74, 6) is 0.774. The first-order valence-corrected chi connectivity index (χ1v) is 6.39. The molecule has 1 fully saturated rings. The van der Waals surface area contributed by atoms with Gasteiger partial charge in [0.15, 0.2) is 0 Å². The van der Waals surface area contributed by atoms with Gasteiger partial charge in [0.1, 0.15) is 0 Å². The first kappa shape index (κ1) is 13.2. The highest BCUT2D eigenvalue weighted by Crippen LogP contribution is 2.31. The van der Waals surface area contributed by atoms with E-state index in [9.17, 15) is 13.2 Å². The molecule has 1 aromatic rings. The van der Waals surface area contributed by atoms with Gasteiger partial charge in [-0.3, -0.25) is 0 Å². The fourth-order valence-electron chi connectivity index (χ4n) is 2.40. The van der Waals surface area contributed by atoms with Gasteiger partial charge in [-0.2, -0.15) is 13.2 Å². The van der Waals surface area contributed by atoms with Crippen molar-refractivity contribution in [3.63, 3.8) is 0 Å². The van der Waals surface area contributed by atoms with Gasteiger partial charge in [-0.1, -0.05) is 6.92 Å². The molecule has 1 nitrogen and oxygen atoms in total. The van der Waals surface area contributed by atoms with Crippen LogP contribution in [0.15, 0.2) is 24.3 Å². The van der Waals surface area contributed by atoms with Crippen LogP contribution in [0.25, 0.3) is 0 Å². The van der Waals surface area contributed by atoms with E-state index < -0.39 is 11.7 Å². The molecule has 18 heavy (non-hydrogen) atoms. The quantitative estimate of drug-likeness (QED) is 0.810. The number of hydrogen-bond donors (Lipinski definition) is 1. The van der Waals surface area contributed by atoms with Gasteiger partial charge in [0, 0.05) is 11.7 Å². The second kappa shape index (κ2) is 5.21. The van der Waals surface area contributed by atoms with Gasteiger partial charge in [0.05, 0.1) is 5.56 Å². The molecule has 0 atom stereocenters. The Morgan fingerprint density at radius 3 is 2.06 bits per heavy atom. The molecule has 1 aliphatic rings. The highest BCUT2D eigenvalue weighted by atomic mass is 19.4. The second-order valence-electron chi connectivity index (χ2n) is 5.18. The normalized spacial score (nSPS) is 24.9. The molecular weight excluding hydrogens is 239 g/mol. The van der Waals surface area contributed by atoms with Crippen LogP contribution in [0, 0.1) is 5.92 Å². The molecule has 0 unspecified atom stereocenters. The van der Waals surface area contributed by atoms with E-state index in [0.717, 1.165) is 36.6 Å². The smallest absolute Gasteiger partial charge is 0.382 e. The summed E-state index contributed by atoms with van der Waals surface area (Å²) in [6.45, 7) is 2.24. The zero-order valence-corrected chi connectivity index (χ0v) is 10.4. The molecule has 0 saturated heterocycles. The van der Waals surface area contributed by atoms with Gasteiger partial charge >= 0.3 is 6.18 Å². The largest absolute Gasteiger partial charge is 0.416 e. The Bertz CT molecular complexity index is 375. The molecule has 0 aliphatic heterocycles. The molecule has 1 aliphatic carbocycles. The average Bonchev–Trinajstić information content (AvgIpc) is 2.32. The summed E-state index contributed by atoms with van der Waals surface area (Å²) in [6, 6.07) is 5.70. The molecule has 0 bridgehead atoms. The van der Waals surface area contributed by atoms with E-state index >= 15 is 0 Å². The van der Waals surface area contributed by atoms with Gasteiger partial charge in [-0.25, -0.2) is 0 Å². The van der Waals surface area contributed by atoms with Crippen molar-refractivity contribution < 1.29 is 13.2 Å². The van der Waals surface area contributed by atoms with Crippen molar-refractivity contribution in [2.75, 3.05) is 5.32 Å². The molecule has 2 rings (SSSR count). The lowest BCUT2D eigenvalue weighted by Gasteiger charge is -2.27. The van der Waals surface area contributed by atoms with Gasteiger partial charge in [0.2, 0.25) is 0 Å². The molecule has 0 spiro atoms. The predicted octanol–water partition coefficient (Wildman–Crippen LogP) is 4.70. The first-order chi connectivity index (χ1) is 8.45. The third-order valence-corrected chi connectivity index (χ3v) is 3.60. The van der Waals surface area contributed by atoms with Crippen molar-refractivity contribution in [3.05, 3.63) is 29.8 Å². The van der Waals surface area contributed by atoms with Crippen LogP contribution in [0.4, 0.5) is 18.9 Å². The number of nitrogens with one attached hydrogen (secondary N) is 1.